The van der Waals surface area contributed by atoms with Gasteiger partial charge in [-0.1, -0.05) is 12.1 Å². The first-order valence-corrected chi connectivity index (χ1v) is 6.61. The van der Waals surface area contributed by atoms with Crippen LogP contribution in [0.1, 0.15) is 10.6 Å². The third kappa shape index (κ3) is 2.92. The highest BCUT2D eigenvalue weighted by atomic mass is 32.2. The van der Waals surface area contributed by atoms with Crippen LogP contribution < -0.4 is 5.14 Å². The van der Waals surface area contributed by atoms with E-state index >= 15 is 0 Å². The number of rotatable bonds is 3. The molecule has 98 valence electrons. The second kappa shape index (κ2) is 4.75. The number of nitrogens with zero attached hydrogens (tertiary/aromatic N) is 2. The first-order chi connectivity index (χ1) is 8.88. The summed E-state index contributed by atoms with van der Waals surface area (Å²) >= 11 is 0. The fraction of sp³-hybridized carbons (Fsp3) is 0. The van der Waals surface area contributed by atoms with Gasteiger partial charge in [-0.3, -0.25) is 0 Å². The summed E-state index contributed by atoms with van der Waals surface area (Å²) in [5.74, 6) is -1.51. The highest BCUT2D eigenvalue weighted by Gasteiger charge is 2.09. The Bertz CT molecular complexity index is 709. The van der Waals surface area contributed by atoms with Crippen molar-refractivity contribution in [2.75, 3.05) is 0 Å². The van der Waals surface area contributed by atoms with E-state index in [9.17, 15) is 13.2 Å². The van der Waals surface area contributed by atoms with E-state index < -0.39 is 16.0 Å². The van der Waals surface area contributed by atoms with Gasteiger partial charge in [0.15, 0.2) is 0 Å². The number of carbonyl (C=O) groups is 1. The third-order valence-electron chi connectivity index (χ3n) is 2.36. The molecule has 0 radical (unpaired) electrons. The number of primary sulfonamides is 1. The molecule has 0 bridgehead atoms. The summed E-state index contributed by atoms with van der Waals surface area (Å²) in [4.78, 5) is 17.9. The van der Waals surface area contributed by atoms with Crippen LogP contribution in [0.2, 0.25) is 0 Å². The van der Waals surface area contributed by atoms with Gasteiger partial charge in [0.25, 0.3) is 0 Å². The molecule has 7 nitrogen and oxygen atoms in total. The fourth-order valence-electron chi connectivity index (χ4n) is 1.42. The second-order valence-corrected chi connectivity index (χ2v) is 5.23. The zero-order valence-electron chi connectivity index (χ0n) is 9.52. The van der Waals surface area contributed by atoms with Gasteiger partial charge in [0.2, 0.25) is 15.8 Å². The average Bonchev–Trinajstić information content (AvgIpc) is 2.38. The summed E-state index contributed by atoms with van der Waals surface area (Å²) < 4.78 is 22.2. The van der Waals surface area contributed by atoms with Crippen LogP contribution in [0.5, 0.6) is 0 Å². The van der Waals surface area contributed by atoms with E-state index in [0.29, 0.717) is 11.1 Å². The molecule has 3 N–H and O–H groups in total. The Morgan fingerprint density at radius 2 is 1.58 bits per heavy atom. The molecule has 2 rings (SSSR count). The molecule has 0 atom stereocenters. The van der Waals surface area contributed by atoms with Gasteiger partial charge in [-0.05, 0) is 17.7 Å². The van der Waals surface area contributed by atoms with E-state index in [1.165, 1.54) is 24.5 Å². The van der Waals surface area contributed by atoms with E-state index in [-0.39, 0.29) is 10.7 Å². The van der Waals surface area contributed by atoms with E-state index in [1.807, 2.05) is 0 Å². The van der Waals surface area contributed by atoms with E-state index in [4.69, 9.17) is 10.2 Å². The molecule has 0 unspecified atom stereocenters. The van der Waals surface area contributed by atoms with Gasteiger partial charge in [-0.2, -0.15) is 0 Å². The summed E-state index contributed by atoms with van der Waals surface area (Å²) in [5.41, 5.74) is 1.23. The lowest BCUT2D eigenvalue weighted by molar-refractivity contribution is 0.0683. The van der Waals surface area contributed by atoms with Crippen LogP contribution in [0, 0.1) is 0 Å². The molecule has 1 aromatic heterocycles. The molecule has 19 heavy (non-hydrogen) atoms. The molecule has 0 aliphatic heterocycles. The van der Waals surface area contributed by atoms with Gasteiger partial charge in [0.05, 0.1) is 4.90 Å². The summed E-state index contributed by atoms with van der Waals surface area (Å²) in [6.07, 6.45) is 2.70. The molecule has 0 fully saturated rings. The number of carboxylic acid groups (broad SMARTS) is 1. The molecule has 0 amide bonds. The van der Waals surface area contributed by atoms with Gasteiger partial charge in [0.1, 0.15) is 0 Å². The van der Waals surface area contributed by atoms with Gasteiger partial charge in [0, 0.05) is 18.0 Å². The molecular weight excluding hydrogens is 270 g/mol. The predicted octanol–water partition coefficient (Wildman–Crippen LogP) is 0.489. The van der Waals surface area contributed by atoms with Crippen molar-refractivity contribution in [3.8, 4) is 11.1 Å². The Balaban J connectivity index is 2.35. The second-order valence-electron chi connectivity index (χ2n) is 3.67. The Kier molecular flexibility index (Phi) is 3.28. The molecular formula is C11H9N3O4S. The van der Waals surface area contributed by atoms with E-state index in [2.05, 4.69) is 9.97 Å². The first-order valence-electron chi connectivity index (χ1n) is 5.06. The van der Waals surface area contributed by atoms with Gasteiger partial charge >= 0.3 is 5.97 Å². The molecule has 0 saturated heterocycles. The maximum atomic E-state index is 11.1. The number of hydrogen-bond donors (Lipinski definition) is 2. The fourth-order valence-corrected chi connectivity index (χ4v) is 1.94. The zero-order valence-corrected chi connectivity index (χ0v) is 10.3. The summed E-state index contributed by atoms with van der Waals surface area (Å²) in [6.45, 7) is 0. The number of aromatic carboxylic acids is 1. The Morgan fingerprint density at radius 1 is 1.05 bits per heavy atom. The lowest BCUT2D eigenvalue weighted by Gasteiger charge is -2.02. The molecule has 2 aromatic rings. The molecule has 0 aliphatic rings. The molecule has 0 aliphatic carbocycles. The molecule has 8 heteroatoms. The molecule has 1 heterocycles. The number of aromatic nitrogens is 2. The predicted molar refractivity (Wildman–Crippen MR) is 65.8 cm³/mol. The van der Waals surface area contributed by atoms with Crippen molar-refractivity contribution in [1.29, 1.82) is 0 Å². The number of nitrogens with two attached hydrogens (primary N) is 1. The Hall–Kier alpha value is -2.32. The number of hydrogen-bond acceptors (Lipinski definition) is 5. The number of sulfonamides is 1. The topological polar surface area (TPSA) is 123 Å². The highest BCUT2D eigenvalue weighted by molar-refractivity contribution is 7.89. The standard InChI is InChI=1S/C11H9N3O4S/c12-19(17,18)9-3-1-7(2-4-9)8-5-13-10(11(15)16)14-6-8/h1-6H,(H,15,16)(H2,12,17,18). The SMILES string of the molecule is NS(=O)(=O)c1ccc(-c2cnc(C(=O)O)nc2)cc1. The minimum atomic E-state index is -3.73. The van der Waals surface area contributed by atoms with Gasteiger partial charge in [-0.25, -0.2) is 28.3 Å². The molecule has 1 aromatic carbocycles. The van der Waals surface area contributed by atoms with Crippen LogP contribution in [-0.2, 0) is 10.0 Å². The zero-order chi connectivity index (χ0) is 14.0. The maximum absolute atomic E-state index is 11.1. The van der Waals surface area contributed by atoms with Crippen molar-refractivity contribution < 1.29 is 18.3 Å². The summed E-state index contributed by atoms with van der Waals surface area (Å²) in [5, 5.41) is 13.6. The van der Waals surface area contributed by atoms with Crippen LogP contribution in [0.3, 0.4) is 0 Å². The van der Waals surface area contributed by atoms with Crippen molar-refractivity contribution >= 4 is 16.0 Å². The average molecular weight is 279 g/mol. The lowest BCUT2D eigenvalue weighted by Crippen LogP contribution is -2.11. The van der Waals surface area contributed by atoms with E-state index in [0.717, 1.165) is 0 Å². The minimum absolute atomic E-state index is 0.000625. The van der Waals surface area contributed by atoms with Crippen LogP contribution in [0.15, 0.2) is 41.6 Å². The maximum Gasteiger partial charge on any atom is 0.373 e. The first kappa shape index (κ1) is 13.1. The normalized spacial score (nSPS) is 11.2. The van der Waals surface area contributed by atoms with Gasteiger partial charge < -0.3 is 5.11 Å². The van der Waals surface area contributed by atoms with Crippen molar-refractivity contribution in [1.82, 2.24) is 9.97 Å². The highest BCUT2D eigenvalue weighted by Crippen LogP contribution is 2.19. The molecule has 0 saturated carbocycles. The van der Waals surface area contributed by atoms with Crippen LogP contribution in [0.4, 0.5) is 0 Å². The van der Waals surface area contributed by atoms with Crippen molar-refractivity contribution in [3.63, 3.8) is 0 Å². The molecule has 0 spiro atoms. The van der Waals surface area contributed by atoms with Gasteiger partial charge in [-0.15, -0.1) is 0 Å². The van der Waals surface area contributed by atoms with Crippen LogP contribution >= 0.6 is 0 Å². The monoisotopic (exact) mass is 279 g/mol. The van der Waals surface area contributed by atoms with E-state index in [1.54, 1.807) is 12.1 Å². The Labute approximate surface area is 108 Å². The van der Waals surface area contributed by atoms with Crippen molar-refractivity contribution in [2.45, 2.75) is 4.90 Å². The minimum Gasteiger partial charge on any atom is -0.475 e. The third-order valence-corrected chi connectivity index (χ3v) is 3.29. The van der Waals surface area contributed by atoms with Crippen molar-refractivity contribution in [3.05, 3.63) is 42.5 Å². The quantitative estimate of drug-likeness (QED) is 0.842. The van der Waals surface area contributed by atoms with Crippen LogP contribution in [-0.4, -0.2) is 29.5 Å². The van der Waals surface area contributed by atoms with Crippen molar-refractivity contribution in [2.24, 2.45) is 5.14 Å². The number of benzene rings is 1. The van der Waals surface area contributed by atoms with Crippen LogP contribution in [0.25, 0.3) is 11.1 Å². The Morgan fingerprint density at radius 3 is 2.00 bits per heavy atom. The number of carboxylic acids is 1. The largest absolute Gasteiger partial charge is 0.475 e. The summed E-state index contributed by atoms with van der Waals surface area (Å²) in [7, 11) is -3.73. The lowest BCUT2D eigenvalue weighted by atomic mass is 10.1. The smallest absolute Gasteiger partial charge is 0.373 e. The summed E-state index contributed by atoms with van der Waals surface area (Å²) in [6, 6.07) is 5.79.